The lowest BCUT2D eigenvalue weighted by Crippen LogP contribution is -2.28. The molecule has 2 heterocycles. The van der Waals surface area contributed by atoms with E-state index in [4.69, 9.17) is 14.4 Å². The Morgan fingerprint density at radius 1 is 0.306 bits per heavy atom. The predicted octanol–water partition coefficient (Wildman–Crippen LogP) is 15.1. The van der Waals surface area contributed by atoms with Gasteiger partial charge in [0.1, 0.15) is 11.2 Å². The zero-order valence-electron chi connectivity index (χ0n) is 33.7. The molecule has 0 saturated carbocycles. The Balaban J connectivity index is 0.992. The van der Waals surface area contributed by atoms with E-state index < -0.39 is 5.41 Å². The molecule has 0 fully saturated rings. The summed E-state index contributed by atoms with van der Waals surface area (Å²) < 4.78 is 6.23. The first-order chi connectivity index (χ1) is 30.7. The fourth-order valence-electron chi connectivity index (χ4n) is 9.76. The van der Waals surface area contributed by atoms with Crippen molar-refractivity contribution in [3.05, 3.63) is 253 Å². The summed E-state index contributed by atoms with van der Waals surface area (Å²) in [6.07, 6.45) is 0. The van der Waals surface area contributed by atoms with Crippen molar-refractivity contribution >= 4 is 21.9 Å². The average Bonchev–Trinajstić information content (AvgIpc) is 3.88. The number of furan rings is 1. The van der Waals surface area contributed by atoms with E-state index in [2.05, 4.69) is 200 Å². The zero-order chi connectivity index (χ0) is 41.0. The SMILES string of the molecule is c1ccc(-c2nc(-c3ccc(-c4ccc5c(c4)oc4ccccc45)cc3)cc(-c3ccccc3-c3ccc4c(c3)C(c3ccccc3)(c3ccccc3)c3ccccc3-4)n2)cc1. The Morgan fingerprint density at radius 3 is 1.61 bits per heavy atom. The van der Waals surface area contributed by atoms with Gasteiger partial charge in [-0.1, -0.05) is 200 Å². The lowest BCUT2D eigenvalue weighted by Gasteiger charge is -2.34. The molecular formula is C59H38N2O. The lowest BCUT2D eigenvalue weighted by molar-refractivity contribution is 0.669. The van der Waals surface area contributed by atoms with Gasteiger partial charge in [-0.2, -0.15) is 0 Å². The maximum atomic E-state index is 6.23. The summed E-state index contributed by atoms with van der Waals surface area (Å²) in [5.74, 6) is 0.684. The Hall–Kier alpha value is -8.14. The van der Waals surface area contributed by atoms with Crippen molar-refractivity contribution < 1.29 is 4.42 Å². The van der Waals surface area contributed by atoms with Crippen LogP contribution in [0.25, 0.3) is 89.2 Å². The van der Waals surface area contributed by atoms with Crippen LogP contribution in [0.3, 0.4) is 0 Å². The van der Waals surface area contributed by atoms with E-state index in [0.717, 1.165) is 72.3 Å². The fraction of sp³-hybridized carbons (Fsp3) is 0.0169. The molecule has 0 bridgehead atoms. The molecule has 12 rings (SSSR count). The number of hydrogen-bond donors (Lipinski definition) is 0. The number of benzene rings is 9. The van der Waals surface area contributed by atoms with Crippen molar-refractivity contribution in [2.24, 2.45) is 0 Å². The molecule has 11 aromatic rings. The third-order valence-corrected chi connectivity index (χ3v) is 12.6. The van der Waals surface area contributed by atoms with Crippen LogP contribution in [0.1, 0.15) is 22.3 Å². The average molecular weight is 791 g/mol. The molecule has 0 spiro atoms. The van der Waals surface area contributed by atoms with E-state index in [-0.39, 0.29) is 0 Å². The summed E-state index contributed by atoms with van der Waals surface area (Å²) in [4.78, 5) is 10.5. The minimum atomic E-state index is -0.494. The molecule has 3 nitrogen and oxygen atoms in total. The maximum Gasteiger partial charge on any atom is 0.160 e. The van der Waals surface area contributed by atoms with E-state index in [9.17, 15) is 0 Å². The largest absolute Gasteiger partial charge is 0.456 e. The first kappa shape index (κ1) is 35.8. The molecule has 1 aliphatic carbocycles. The van der Waals surface area contributed by atoms with Gasteiger partial charge < -0.3 is 4.42 Å². The predicted molar refractivity (Wildman–Crippen MR) is 254 cm³/mol. The molecule has 62 heavy (non-hydrogen) atoms. The highest BCUT2D eigenvalue weighted by Gasteiger charge is 2.46. The van der Waals surface area contributed by atoms with Gasteiger partial charge in [-0.05, 0) is 86.0 Å². The summed E-state index contributed by atoms with van der Waals surface area (Å²) in [7, 11) is 0. The summed E-state index contributed by atoms with van der Waals surface area (Å²) in [5, 5.41) is 2.26. The Morgan fingerprint density at radius 2 is 0.855 bits per heavy atom. The highest BCUT2D eigenvalue weighted by Crippen LogP contribution is 2.57. The summed E-state index contributed by atoms with van der Waals surface area (Å²) in [6, 6.07) is 82.3. The minimum absolute atomic E-state index is 0.494. The van der Waals surface area contributed by atoms with E-state index in [1.54, 1.807) is 0 Å². The second-order valence-electron chi connectivity index (χ2n) is 16.0. The molecule has 3 heteroatoms. The van der Waals surface area contributed by atoms with E-state index >= 15 is 0 Å². The number of hydrogen-bond acceptors (Lipinski definition) is 3. The third kappa shape index (κ3) is 5.74. The summed E-state index contributed by atoms with van der Waals surface area (Å²) in [5.41, 5.74) is 18.1. The van der Waals surface area contributed by atoms with Crippen LogP contribution in [-0.2, 0) is 5.41 Å². The number of aromatic nitrogens is 2. The first-order valence-electron chi connectivity index (χ1n) is 21.1. The van der Waals surface area contributed by atoms with Crippen LogP contribution in [0.4, 0.5) is 0 Å². The lowest BCUT2D eigenvalue weighted by atomic mass is 9.67. The highest BCUT2D eigenvalue weighted by atomic mass is 16.3. The Labute approximate surface area is 360 Å². The topological polar surface area (TPSA) is 38.9 Å². The molecule has 9 aromatic carbocycles. The van der Waals surface area contributed by atoms with Gasteiger partial charge in [0, 0.05) is 27.5 Å². The molecule has 0 unspecified atom stereocenters. The molecule has 0 saturated heterocycles. The van der Waals surface area contributed by atoms with Gasteiger partial charge in [-0.25, -0.2) is 9.97 Å². The second kappa shape index (κ2) is 14.5. The number of fused-ring (bicyclic) bond motifs is 6. The van der Waals surface area contributed by atoms with Crippen molar-refractivity contribution in [2.75, 3.05) is 0 Å². The highest BCUT2D eigenvalue weighted by molar-refractivity contribution is 6.06. The third-order valence-electron chi connectivity index (χ3n) is 12.6. The van der Waals surface area contributed by atoms with Crippen LogP contribution in [0.5, 0.6) is 0 Å². The second-order valence-corrected chi connectivity index (χ2v) is 16.0. The van der Waals surface area contributed by atoms with Gasteiger partial charge in [0.25, 0.3) is 0 Å². The quantitative estimate of drug-likeness (QED) is 0.161. The van der Waals surface area contributed by atoms with Gasteiger partial charge in [-0.15, -0.1) is 0 Å². The molecule has 2 aromatic heterocycles. The Kier molecular flexibility index (Phi) is 8.39. The molecular weight excluding hydrogens is 753 g/mol. The van der Waals surface area contributed by atoms with Crippen molar-refractivity contribution in [2.45, 2.75) is 5.41 Å². The zero-order valence-corrected chi connectivity index (χ0v) is 33.7. The number of rotatable bonds is 7. The van der Waals surface area contributed by atoms with Crippen LogP contribution in [0, 0.1) is 0 Å². The Bertz CT molecular complexity index is 3400. The molecule has 1 aliphatic rings. The smallest absolute Gasteiger partial charge is 0.160 e. The van der Waals surface area contributed by atoms with Gasteiger partial charge in [0.05, 0.1) is 16.8 Å². The fourth-order valence-corrected chi connectivity index (χ4v) is 9.76. The van der Waals surface area contributed by atoms with Crippen molar-refractivity contribution in [3.63, 3.8) is 0 Å². The molecule has 0 radical (unpaired) electrons. The van der Waals surface area contributed by atoms with Crippen LogP contribution >= 0.6 is 0 Å². The van der Waals surface area contributed by atoms with Crippen molar-refractivity contribution in [1.82, 2.24) is 9.97 Å². The van der Waals surface area contributed by atoms with Crippen LogP contribution in [-0.4, -0.2) is 9.97 Å². The van der Waals surface area contributed by atoms with Crippen LogP contribution in [0.15, 0.2) is 235 Å². The molecule has 0 atom stereocenters. The number of para-hydroxylation sites is 1. The summed E-state index contributed by atoms with van der Waals surface area (Å²) >= 11 is 0. The molecule has 0 N–H and O–H groups in total. The van der Waals surface area contributed by atoms with Crippen LogP contribution in [0.2, 0.25) is 0 Å². The maximum absolute atomic E-state index is 6.23. The molecule has 290 valence electrons. The standard InChI is InChI=1S/C59H38N2O/c1-4-16-41(17-5-1)58-60-54(40-30-28-39(29-31-40)42-32-35-51-50-25-13-15-27-56(50)62-57(51)37-42)38-55(61-58)49-24-11-10-22-46(49)43-33-34-48-47-23-12-14-26-52(47)59(53(48)36-43,44-18-6-2-7-19-44)45-20-8-3-9-21-45/h1-38H. The molecule has 0 aliphatic heterocycles. The monoisotopic (exact) mass is 790 g/mol. The van der Waals surface area contributed by atoms with Crippen LogP contribution < -0.4 is 0 Å². The van der Waals surface area contributed by atoms with E-state index in [0.29, 0.717) is 5.82 Å². The van der Waals surface area contributed by atoms with Gasteiger partial charge >= 0.3 is 0 Å². The first-order valence-corrected chi connectivity index (χ1v) is 21.1. The van der Waals surface area contributed by atoms with Gasteiger partial charge in [0.15, 0.2) is 5.82 Å². The normalized spacial score (nSPS) is 12.6. The van der Waals surface area contributed by atoms with Crippen molar-refractivity contribution in [3.8, 4) is 67.3 Å². The van der Waals surface area contributed by atoms with Gasteiger partial charge in [0.2, 0.25) is 0 Å². The van der Waals surface area contributed by atoms with Crippen molar-refractivity contribution in [1.29, 1.82) is 0 Å². The minimum Gasteiger partial charge on any atom is -0.456 e. The van der Waals surface area contributed by atoms with Gasteiger partial charge in [-0.3, -0.25) is 0 Å². The molecule has 0 amide bonds. The van der Waals surface area contributed by atoms with E-state index in [1.807, 2.05) is 30.3 Å². The number of nitrogens with zero attached hydrogens (tertiary/aromatic N) is 2. The van der Waals surface area contributed by atoms with E-state index in [1.165, 1.54) is 33.4 Å². The summed E-state index contributed by atoms with van der Waals surface area (Å²) in [6.45, 7) is 0.